The first-order valence-corrected chi connectivity index (χ1v) is 6.77. The number of carbonyl (C=O) groups is 1. The predicted octanol–water partition coefficient (Wildman–Crippen LogP) is 2.24. The van der Waals surface area contributed by atoms with Crippen LogP contribution in [0.3, 0.4) is 0 Å². The Labute approximate surface area is 105 Å². The number of nitrogens with one attached hydrogen (secondary N) is 2. The maximum absolute atomic E-state index is 12.4. The molecule has 0 spiro atoms. The number of rotatable bonds is 6. The fourth-order valence-corrected chi connectivity index (χ4v) is 2.65. The zero-order valence-corrected chi connectivity index (χ0v) is 11.2. The molecule has 98 valence electrons. The molecule has 1 fully saturated rings. The maximum atomic E-state index is 12.4. The van der Waals surface area contributed by atoms with Gasteiger partial charge >= 0.3 is 0 Å². The van der Waals surface area contributed by atoms with Crippen LogP contribution < -0.4 is 10.6 Å². The molecule has 0 radical (unpaired) electrons. The van der Waals surface area contributed by atoms with Gasteiger partial charge in [-0.3, -0.25) is 4.79 Å². The molecule has 1 rings (SSSR count). The number of piperidine rings is 1. The Morgan fingerprint density at radius 3 is 2.94 bits per heavy atom. The van der Waals surface area contributed by atoms with E-state index < -0.39 is 0 Å². The highest BCUT2D eigenvalue weighted by molar-refractivity contribution is 5.83. The first-order valence-electron chi connectivity index (χ1n) is 6.77. The molecule has 2 unspecified atom stereocenters. The van der Waals surface area contributed by atoms with Crippen molar-refractivity contribution in [3.05, 3.63) is 12.7 Å². The van der Waals surface area contributed by atoms with Crippen LogP contribution in [-0.4, -0.2) is 25.0 Å². The molecule has 2 atom stereocenters. The molecule has 1 aliphatic rings. The van der Waals surface area contributed by atoms with E-state index in [0.29, 0.717) is 0 Å². The summed E-state index contributed by atoms with van der Waals surface area (Å²) in [6.45, 7) is 9.77. The van der Waals surface area contributed by atoms with Crippen molar-refractivity contribution < 1.29 is 4.79 Å². The third kappa shape index (κ3) is 3.84. The van der Waals surface area contributed by atoms with E-state index in [1.54, 1.807) is 0 Å². The second-order valence-electron chi connectivity index (χ2n) is 5.21. The fraction of sp³-hybridized carbons (Fsp3) is 0.786. The van der Waals surface area contributed by atoms with Gasteiger partial charge < -0.3 is 10.6 Å². The minimum Gasteiger partial charge on any atom is -0.353 e. The van der Waals surface area contributed by atoms with E-state index in [-0.39, 0.29) is 17.4 Å². The first kappa shape index (κ1) is 14.2. The zero-order valence-electron chi connectivity index (χ0n) is 11.2. The van der Waals surface area contributed by atoms with E-state index in [1.165, 1.54) is 0 Å². The van der Waals surface area contributed by atoms with Crippen LogP contribution in [0.2, 0.25) is 0 Å². The molecule has 0 aromatic rings. The summed E-state index contributed by atoms with van der Waals surface area (Å²) in [5, 5.41) is 6.49. The Balaban J connectivity index is 2.62. The molecular weight excluding hydrogens is 212 g/mol. The number of carbonyl (C=O) groups excluding carboxylic acids is 1. The van der Waals surface area contributed by atoms with Gasteiger partial charge in [-0.15, -0.1) is 6.58 Å². The predicted molar refractivity (Wildman–Crippen MR) is 71.9 cm³/mol. The van der Waals surface area contributed by atoms with Gasteiger partial charge in [0.1, 0.15) is 0 Å². The highest BCUT2D eigenvalue weighted by Crippen LogP contribution is 2.32. The van der Waals surface area contributed by atoms with E-state index in [1.807, 2.05) is 13.0 Å². The highest BCUT2D eigenvalue weighted by atomic mass is 16.2. The van der Waals surface area contributed by atoms with Crippen molar-refractivity contribution in [2.45, 2.75) is 52.0 Å². The Kier molecular flexibility index (Phi) is 5.69. The van der Waals surface area contributed by atoms with E-state index in [0.717, 1.165) is 45.2 Å². The molecule has 0 aromatic carbocycles. The highest BCUT2D eigenvalue weighted by Gasteiger charge is 2.38. The minimum atomic E-state index is -0.178. The van der Waals surface area contributed by atoms with Crippen molar-refractivity contribution in [1.82, 2.24) is 10.6 Å². The summed E-state index contributed by atoms with van der Waals surface area (Å²) in [7, 11) is 0. The van der Waals surface area contributed by atoms with Crippen molar-refractivity contribution in [3.63, 3.8) is 0 Å². The Morgan fingerprint density at radius 1 is 1.65 bits per heavy atom. The lowest BCUT2D eigenvalue weighted by Gasteiger charge is -2.37. The Bertz CT molecular complexity index is 251. The van der Waals surface area contributed by atoms with Crippen LogP contribution in [-0.2, 0) is 4.79 Å². The fourth-order valence-electron chi connectivity index (χ4n) is 2.65. The second kappa shape index (κ2) is 6.80. The van der Waals surface area contributed by atoms with Crippen molar-refractivity contribution in [2.75, 3.05) is 13.1 Å². The standard InChI is InChI=1S/C14H26N2O/c1-4-7-12(3)16-13(17)14(8-5-2)9-6-10-15-11-14/h4,12,15H,1,5-11H2,2-3H3,(H,16,17). The molecule has 1 amide bonds. The summed E-state index contributed by atoms with van der Waals surface area (Å²) < 4.78 is 0. The summed E-state index contributed by atoms with van der Waals surface area (Å²) in [6.07, 6.45) is 6.85. The van der Waals surface area contributed by atoms with Crippen LogP contribution in [0.4, 0.5) is 0 Å². The molecule has 0 saturated carbocycles. The van der Waals surface area contributed by atoms with Crippen molar-refractivity contribution in [2.24, 2.45) is 5.41 Å². The van der Waals surface area contributed by atoms with Crippen LogP contribution >= 0.6 is 0 Å². The molecule has 17 heavy (non-hydrogen) atoms. The molecule has 1 aliphatic heterocycles. The largest absolute Gasteiger partial charge is 0.353 e. The SMILES string of the molecule is C=CCC(C)NC(=O)C1(CCC)CCCNC1. The summed E-state index contributed by atoms with van der Waals surface area (Å²) in [5.74, 6) is 0.223. The van der Waals surface area contributed by atoms with Crippen LogP contribution in [0.1, 0.15) is 46.0 Å². The third-order valence-corrected chi connectivity index (χ3v) is 3.58. The summed E-state index contributed by atoms with van der Waals surface area (Å²) in [5.41, 5.74) is -0.178. The van der Waals surface area contributed by atoms with E-state index >= 15 is 0 Å². The second-order valence-corrected chi connectivity index (χ2v) is 5.21. The number of hydrogen-bond acceptors (Lipinski definition) is 2. The van der Waals surface area contributed by atoms with Gasteiger partial charge in [-0.05, 0) is 39.2 Å². The van der Waals surface area contributed by atoms with Gasteiger partial charge in [0.15, 0.2) is 0 Å². The van der Waals surface area contributed by atoms with Gasteiger partial charge in [-0.1, -0.05) is 19.4 Å². The topological polar surface area (TPSA) is 41.1 Å². The Morgan fingerprint density at radius 2 is 2.41 bits per heavy atom. The molecule has 2 N–H and O–H groups in total. The van der Waals surface area contributed by atoms with Gasteiger partial charge in [0, 0.05) is 12.6 Å². The molecule has 0 aromatic heterocycles. The number of hydrogen-bond donors (Lipinski definition) is 2. The molecule has 1 heterocycles. The molecule has 3 nitrogen and oxygen atoms in total. The van der Waals surface area contributed by atoms with Gasteiger partial charge in [-0.2, -0.15) is 0 Å². The van der Waals surface area contributed by atoms with Crippen molar-refractivity contribution >= 4 is 5.91 Å². The van der Waals surface area contributed by atoms with Crippen molar-refractivity contribution in [1.29, 1.82) is 0 Å². The molecular formula is C14H26N2O. The van der Waals surface area contributed by atoms with Gasteiger partial charge in [0.2, 0.25) is 5.91 Å². The van der Waals surface area contributed by atoms with E-state index in [4.69, 9.17) is 0 Å². The molecule has 1 saturated heterocycles. The zero-order chi connectivity index (χ0) is 12.7. The van der Waals surface area contributed by atoms with Gasteiger partial charge in [0.05, 0.1) is 5.41 Å². The van der Waals surface area contributed by atoms with E-state index in [2.05, 4.69) is 24.1 Å². The quantitative estimate of drug-likeness (QED) is 0.697. The average Bonchev–Trinajstić information content (AvgIpc) is 2.30. The lowest BCUT2D eigenvalue weighted by atomic mass is 9.76. The third-order valence-electron chi connectivity index (χ3n) is 3.58. The Hall–Kier alpha value is -0.830. The minimum absolute atomic E-state index is 0.178. The first-order chi connectivity index (χ1) is 8.14. The summed E-state index contributed by atoms with van der Waals surface area (Å²) in [4.78, 5) is 12.4. The lowest BCUT2D eigenvalue weighted by molar-refractivity contribution is -0.133. The van der Waals surface area contributed by atoms with Crippen LogP contribution in [0.15, 0.2) is 12.7 Å². The number of amides is 1. The van der Waals surface area contributed by atoms with Crippen LogP contribution in [0.25, 0.3) is 0 Å². The van der Waals surface area contributed by atoms with Crippen LogP contribution in [0, 0.1) is 5.41 Å². The van der Waals surface area contributed by atoms with Gasteiger partial charge in [0.25, 0.3) is 0 Å². The molecule has 3 heteroatoms. The average molecular weight is 238 g/mol. The van der Waals surface area contributed by atoms with Crippen LogP contribution in [0.5, 0.6) is 0 Å². The summed E-state index contributed by atoms with van der Waals surface area (Å²) >= 11 is 0. The summed E-state index contributed by atoms with van der Waals surface area (Å²) in [6, 6.07) is 0.190. The van der Waals surface area contributed by atoms with E-state index in [9.17, 15) is 4.79 Å². The molecule has 0 aliphatic carbocycles. The monoisotopic (exact) mass is 238 g/mol. The molecule has 0 bridgehead atoms. The maximum Gasteiger partial charge on any atom is 0.227 e. The van der Waals surface area contributed by atoms with Gasteiger partial charge in [-0.25, -0.2) is 0 Å². The smallest absolute Gasteiger partial charge is 0.227 e. The normalized spacial score (nSPS) is 26.2. The lowest BCUT2D eigenvalue weighted by Crippen LogP contribution is -2.52. The van der Waals surface area contributed by atoms with Crippen molar-refractivity contribution in [3.8, 4) is 0 Å².